The Kier molecular flexibility index (Phi) is 8.24. The van der Waals surface area contributed by atoms with E-state index in [1.54, 1.807) is 31.2 Å². The lowest BCUT2D eigenvalue weighted by Crippen LogP contribution is -2.47. The molecule has 9 heteroatoms. The molecule has 0 unspecified atom stereocenters. The number of amides is 2. The Morgan fingerprint density at radius 3 is 2.14 bits per heavy atom. The summed E-state index contributed by atoms with van der Waals surface area (Å²) in [5.74, 6) is -1.52. The van der Waals surface area contributed by atoms with E-state index in [2.05, 4.69) is 10.6 Å². The molecule has 35 heavy (non-hydrogen) atoms. The van der Waals surface area contributed by atoms with Crippen molar-refractivity contribution in [2.75, 3.05) is 15.9 Å². The van der Waals surface area contributed by atoms with Crippen LogP contribution in [0.3, 0.4) is 0 Å². The number of benzene rings is 3. The minimum Gasteiger partial charge on any atom is -0.345 e. The second kappa shape index (κ2) is 11.1. The topological polar surface area (TPSA) is 95.6 Å². The van der Waals surface area contributed by atoms with E-state index >= 15 is 0 Å². The number of carbonyl (C=O) groups excluding carboxylic acids is 2. The number of rotatable bonds is 9. The molecule has 3 aromatic carbocycles. The molecule has 3 rings (SSSR count). The second-order valence-corrected chi connectivity index (χ2v) is 9.96. The molecular weight excluding hydrogens is 469 g/mol. The van der Waals surface area contributed by atoms with E-state index in [4.69, 9.17) is 0 Å². The van der Waals surface area contributed by atoms with Gasteiger partial charge in [-0.05, 0) is 55.3 Å². The van der Waals surface area contributed by atoms with Gasteiger partial charge in [-0.1, -0.05) is 49.4 Å². The maximum Gasteiger partial charge on any atom is 0.253 e. The second-order valence-electron chi connectivity index (χ2n) is 8.10. The van der Waals surface area contributed by atoms with Gasteiger partial charge in [-0.25, -0.2) is 12.8 Å². The van der Waals surface area contributed by atoms with Gasteiger partial charge in [-0.2, -0.15) is 0 Å². The Balaban J connectivity index is 1.85. The summed E-state index contributed by atoms with van der Waals surface area (Å²) < 4.78 is 39.6. The average molecular weight is 498 g/mol. The summed E-state index contributed by atoms with van der Waals surface area (Å²) in [5, 5.41) is 5.62. The van der Waals surface area contributed by atoms with E-state index in [1.807, 2.05) is 37.3 Å². The first-order valence-electron chi connectivity index (χ1n) is 11.1. The van der Waals surface area contributed by atoms with Crippen LogP contribution < -0.4 is 14.9 Å². The number of sulfonamides is 1. The fourth-order valence-electron chi connectivity index (χ4n) is 3.75. The van der Waals surface area contributed by atoms with Crippen molar-refractivity contribution >= 4 is 33.2 Å². The van der Waals surface area contributed by atoms with E-state index in [9.17, 15) is 22.4 Å². The van der Waals surface area contributed by atoms with Crippen LogP contribution >= 0.6 is 0 Å². The molecule has 2 amide bonds. The van der Waals surface area contributed by atoms with Gasteiger partial charge in [0.05, 0.1) is 29.2 Å². The van der Waals surface area contributed by atoms with E-state index in [0.29, 0.717) is 0 Å². The minimum absolute atomic E-state index is 0.148. The molecule has 0 saturated carbocycles. The third-order valence-corrected chi connectivity index (χ3v) is 6.67. The molecule has 0 aliphatic heterocycles. The fourth-order valence-corrected chi connectivity index (χ4v) is 4.97. The Labute approximate surface area is 205 Å². The maximum atomic E-state index is 13.4. The van der Waals surface area contributed by atoms with Crippen LogP contribution in [0.2, 0.25) is 0 Å². The molecule has 0 spiro atoms. The molecule has 3 aromatic rings. The predicted molar refractivity (Wildman–Crippen MR) is 135 cm³/mol. The molecule has 0 radical (unpaired) electrons. The van der Waals surface area contributed by atoms with E-state index < -0.39 is 27.8 Å². The van der Waals surface area contributed by atoms with Gasteiger partial charge in [0.15, 0.2) is 0 Å². The summed E-state index contributed by atoms with van der Waals surface area (Å²) in [4.78, 5) is 26.3. The zero-order valence-electron chi connectivity index (χ0n) is 19.7. The molecule has 2 N–H and O–H groups in total. The van der Waals surface area contributed by atoms with E-state index in [0.717, 1.165) is 28.3 Å². The summed E-state index contributed by atoms with van der Waals surface area (Å²) in [6.45, 7) is 3.53. The summed E-state index contributed by atoms with van der Waals surface area (Å²) in [6.07, 6.45) is 1.13. The number of para-hydroxylation sites is 1. The average Bonchev–Trinajstić information content (AvgIpc) is 2.83. The quantitative estimate of drug-likeness (QED) is 0.455. The van der Waals surface area contributed by atoms with Crippen molar-refractivity contribution in [2.45, 2.75) is 32.4 Å². The summed E-state index contributed by atoms with van der Waals surface area (Å²) >= 11 is 0. The third kappa shape index (κ3) is 6.45. The normalized spacial score (nSPS) is 12.9. The molecule has 0 aliphatic rings. The van der Waals surface area contributed by atoms with Crippen LogP contribution in [0.4, 0.5) is 15.8 Å². The lowest BCUT2D eigenvalue weighted by molar-refractivity contribution is -0.117. The van der Waals surface area contributed by atoms with Crippen molar-refractivity contribution in [3.8, 4) is 0 Å². The summed E-state index contributed by atoms with van der Waals surface area (Å²) in [7, 11) is -3.88. The highest BCUT2D eigenvalue weighted by molar-refractivity contribution is 7.92. The maximum absolute atomic E-state index is 13.4. The molecule has 0 bridgehead atoms. The molecule has 0 aromatic heterocycles. The first-order chi connectivity index (χ1) is 16.6. The van der Waals surface area contributed by atoms with Crippen LogP contribution in [0.25, 0.3) is 0 Å². The Hall–Kier alpha value is -3.72. The van der Waals surface area contributed by atoms with Gasteiger partial charge < -0.3 is 10.6 Å². The predicted octanol–water partition coefficient (Wildman–Crippen LogP) is 4.50. The zero-order valence-corrected chi connectivity index (χ0v) is 20.6. The largest absolute Gasteiger partial charge is 0.345 e. The molecule has 2 atom stereocenters. The minimum atomic E-state index is -3.88. The molecular formula is C26H28FN3O4S. The Morgan fingerprint density at radius 1 is 0.943 bits per heavy atom. The van der Waals surface area contributed by atoms with Crippen molar-refractivity contribution in [1.82, 2.24) is 5.32 Å². The van der Waals surface area contributed by atoms with Gasteiger partial charge in [0, 0.05) is 0 Å². The fraction of sp³-hybridized carbons (Fsp3) is 0.231. The highest BCUT2D eigenvalue weighted by Crippen LogP contribution is 2.25. The standard InChI is InChI=1S/C26H28FN3O4S/c1-4-24(30(35(3,33)34)21-16-14-20(27)15-17-21)26(32)29-23-13-9-8-12-22(23)25(31)28-18(2)19-10-6-5-7-11-19/h5-18,24H,4H2,1-3H3,(H,28,31)(H,29,32)/t18-,24+/m0/s1. The van der Waals surface area contributed by atoms with Crippen LogP contribution in [0, 0.1) is 5.82 Å². The van der Waals surface area contributed by atoms with Crippen molar-refractivity contribution in [2.24, 2.45) is 0 Å². The number of anilines is 2. The van der Waals surface area contributed by atoms with Gasteiger partial charge in [0.2, 0.25) is 15.9 Å². The molecule has 184 valence electrons. The smallest absolute Gasteiger partial charge is 0.253 e. The van der Waals surface area contributed by atoms with E-state index in [1.165, 1.54) is 12.1 Å². The molecule has 0 aliphatic carbocycles. The molecule has 7 nitrogen and oxygen atoms in total. The highest BCUT2D eigenvalue weighted by atomic mass is 32.2. The van der Waals surface area contributed by atoms with Crippen LogP contribution in [0.5, 0.6) is 0 Å². The number of nitrogens with zero attached hydrogens (tertiary/aromatic N) is 1. The SMILES string of the molecule is CC[C@H](C(=O)Nc1ccccc1C(=O)N[C@@H](C)c1ccccc1)N(c1ccc(F)cc1)S(C)(=O)=O. The Morgan fingerprint density at radius 2 is 1.54 bits per heavy atom. The third-order valence-electron chi connectivity index (χ3n) is 5.49. The van der Waals surface area contributed by atoms with Crippen molar-refractivity contribution in [3.63, 3.8) is 0 Å². The van der Waals surface area contributed by atoms with Crippen LogP contribution in [0.1, 0.15) is 42.2 Å². The lowest BCUT2D eigenvalue weighted by Gasteiger charge is -2.30. The number of nitrogens with one attached hydrogen (secondary N) is 2. The van der Waals surface area contributed by atoms with E-state index in [-0.39, 0.29) is 35.3 Å². The number of halogens is 1. The monoisotopic (exact) mass is 497 g/mol. The molecule has 0 fully saturated rings. The van der Waals surface area contributed by atoms with Gasteiger partial charge in [-0.15, -0.1) is 0 Å². The van der Waals surface area contributed by atoms with Gasteiger partial charge in [0.25, 0.3) is 5.91 Å². The summed E-state index contributed by atoms with van der Waals surface area (Å²) in [6, 6.07) is 19.4. The first kappa shape index (κ1) is 25.9. The van der Waals surface area contributed by atoms with Crippen molar-refractivity contribution in [3.05, 3.63) is 95.8 Å². The van der Waals surface area contributed by atoms with Gasteiger partial charge in [-0.3, -0.25) is 13.9 Å². The molecule has 0 saturated heterocycles. The van der Waals surface area contributed by atoms with Crippen molar-refractivity contribution in [1.29, 1.82) is 0 Å². The van der Waals surface area contributed by atoms with Crippen molar-refractivity contribution < 1.29 is 22.4 Å². The first-order valence-corrected chi connectivity index (χ1v) is 13.0. The van der Waals surface area contributed by atoms with Gasteiger partial charge in [0.1, 0.15) is 11.9 Å². The molecule has 0 heterocycles. The number of carbonyl (C=O) groups is 2. The Bertz CT molecular complexity index is 1280. The number of hydrogen-bond donors (Lipinski definition) is 2. The van der Waals surface area contributed by atoms with Crippen LogP contribution in [-0.4, -0.2) is 32.5 Å². The number of hydrogen-bond acceptors (Lipinski definition) is 4. The van der Waals surface area contributed by atoms with Gasteiger partial charge >= 0.3 is 0 Å². The van der Waals surface area contributed by atoms with Crippen LogP contribution in [-0.2, 0) is 14.8 Å². The zero-order chi connectivity index (χ0) is 25.6. The summed E-state index contributed by atoms with van der Waals surface area (Å²) in [5.41, 5.74) is 1.59. The van der Waals surface area contributed by atoms with Crippen LogP contribution in [0.15, 0.2) is 78.9 Å². The lowest BCUT2D eigenvalue weighted by atomic mass is 10.1. The highest BCUT2D eigenvalue weighted by Gasteiger charge is 2.32.